The molecule has 4 aromatic carbocycles. The number of carbonyl (C=O) groups is 3. The quantitative estimate of drug-likeness (QED) is 0.184. The number of benzene rings is 4. The van der Waals surface area contributed by atoms with Crippen LogP contribution < -0.4 is 5.32 Å². The van der Waals surface area contributed by atoms with E-state index in [1.807, 2.05) is 103 Å². The Morgan fingerprint density at radius 2 is 1.60 bits per heavy atom. The van der Waals surface area contributed by atoms with Crippen LogP contribution in [0.2, 0.25) is 0 Å². The lowest BCUT2D eigenvalue weighted by molar-refractivity contribution is -0.252. The topological polar surface area (TPSA) is 138 Å². The number of carbonyl (C=O) groups excluding carboxylic acids is 3. The normalized spacial score (nSPS) is 23.6. The molecule has 3 aliphatic heterocycles. The molecule has 3 aliphatic rings. The van der Waals surface area contributed by atoms with Gasteiger partial charge in [0, 0.05) is 31.6 Å². The van der Waals surface area contributed by atoms with Crippen LogP contribution in [-0.2, 0) is 43.6 Å². The number of hydrogen-bond donors (Lipinski definition) is 3. The Kier molecular flexibility index (Phi) is 11.0. The lowest BCUT2D eigenvalue weighted by Crippen LogP contribution is -2.41. The van der Waals surface area contributed by atoms with Crippen molar-refractivity contribution >= 4 is 17.9 Å². The van der Waals surface area contributed by atoms with Gasteiger partial charge in [0.2, 0.25) is 5.91 Å². The maximum Gasteiger partial charge on any atom is 0.408 e. The first-order valence-electron chi connectivity index (χ1n) is 17.7. The zero-order chi connectivity index (χ0) is 36.0. The van der Waals surface area contributed by atoms with Crippen LogP contribution in [0.25, 0.3) is 11.1 Å². The van der Waals surface area contributed by atoms with Crippen LogP contribution in [0.15, 0.2) is 103 Å². The van der Waals surface area contributed by atoms with E-state index in [1.165, 1.54) is 4.90 Å². The predicted octanol–water partition coefficient (Wildman–Crippen LogP) is 5.01. The number of alkyl carbamates (subject to hydrolysis) is 1. The third-order valence-electron chi connectivity index (χ3n) is 9.86. The highest BCUT2D eigenvalue weighted by atomic mass is 16.7. The molecule has 7 rings (SSSR count). The van der Waals surface area contributed by atoms with Crippen molar-refractivity contribution in [2.24, 2.45) is 0 Å². The molecule has 0 bridgehead atoms. The van der Waals surface area contributed by atoms with Crippen LogP contribution in [0.3, 0.4) is 0 Å². The fraction of sp³-hybridized carbons (Fsp3) is 0.341. The second-order valence-electron chi connectivity index (χ2n) is 13.7. The molecule has 5 atom stereocenters. The number of nitrogens with zero attached hydrogens (tertiary/aromatic N) is 2. The molecular weight excluding hydrogens is 662 g/mol. The summed E-state index contributed by atoms with van der Waals surface area (Å²) in [5.41, 5.74) is 6.19. The lowest BCUT2D eigenvalue weighted by Gasteiger charge is -2.37. The van der Waals surface area contributed by atoms with E-state index in [4.69, 9.17) is 14.2 Å². The van der Waals surface area contributed by atoms with Crippen LogP contribution in [0.1, 0.15) is 59.5 Å². The number of imide groups is 1. The molecule has 270 valence electrons. The molecule has 4 aromatic rings. The van der Waals surface area contributed by atoms with Crippen LogP contribution in [0.4, 0.5) is 4.79 Å². The zero-order valence-electron chi connectivity index (χ0n) is 28.8. The van der Waals surface area contributed by atoms with Gasteiger partial charge in [-0.1, -0.05) is 97.1 Å². The maximum absolute atomic E-state index is 13.1. The Morgan fingerprint density at radius 1 is 0.846 bits per heavy atom. The van der Waals surface area contributed by atoms with Gasteiger partial charge >= 0.3 is 6.09 Å². The summed E-state index contributed by atoms with van der Waals surface area (Å²) in [5, 5.41) is 22.1. The van der Waals surface area contributed by atoms with E-state index in [9.17, 15) is 24.6 Å². The summed E-state index contributed by atoms with van der Waals surface area (Å²) in [6, 6.07) is 31.7. The number of likely N-dealkylation sites (tertiary alicyclic amines) is 2. The van der Waals surface area contributed by atoms with Crippen molar-refractivity contribution in [3.8, 4) is 11.1 Å². The van der Waals surface area contributed by atoms with Crippen molar-refractivity contribution in [1.29, 1.82) is 0 Å². The minimum atomic E-state index is -0.975. The van der Waals surface area contributed by atoms with Gasteiger partial charge in [-0.3, -0.25) is 19.4 Å². The van der Waals surface area contributed by atoms with Gasteiger partial charge < -0.3 is 29.7 Å². The van der Waals surface area contributed by atoms with Crippen molar-refractivity contribution in [2.45, 2.75) is 69.7 Å². The molecule has 1 unspecified atom stereocenters. The number of β-amino-alcohol motifs (C(OH)–C–C–N with tert-alkyl or cyclic N) is 1. The van der Waals surface area contributed by atoms with Crippen molar-refractivity contribution in [1.82, 2.24) is 15.1 Å². The molecule has 0 spiro atoms. The second kappa shape index (κ2) is 16.2. The maximum atomic E-state index is 13.1. The number of aliphatic hydroxyl groups excluding tert-OH is 2. The number of rotatable bonds is 11. The van der Waals surface area contributed by atoms with Crippen LogP contribution in [-0.4, -0.2) is 75.8 Å². The van der Waals surface area contributed by atoms with Gasteiger partial charge in [0.05, 0.1) is 37.9 Å². The first-order chi connectivity index (χ1) is 25.3. The Labute approximate surface area is 302 Å². The van der Waals surface area contributed by atoms with Gasteiger partial charge in [0.25, 0.3) is 5.91 Å². The highest BCUT2D eigenvalue weighted by Gasteiger charge is 2.40. The standard InChI is InChI=1S/C41H43N3O8/c45-25-27-9-11-31(12-10-27)37-20-35(24-43-18-17-34(46)23-43)51-40(52-37)32-15-13-30(14-16-32)33-8-4-7-29(19-33)22-44-38(47)21-36(39(44)48)42-41(49)50-26-28-5-2-1-3-6-28/h1-16,19,34-37,40,45-46H,17-18,20-26H2,(H,42,49)/t34-,35-,36?,37+,40+/m0/s1. The zero-order valence-corrected chi connectivity index (χ0v) is 28.8. The molecule has 0 saturated carbocycles. The van der Waals surface area contributed by atoms with Crippen molar-refractivity contribution < 1.29 is 38.8 Å². The summed E-state index contributed by atoms with van der Waals surface area (Å²) in [6.45, 7) is 2.29. The van der Waals surface area contributed by atoms with Crippen LogP contribution in [0.5, 0.6) is 0 Å². The van der Waals surface area contributed by atoms with Gasteiger partial charge in [0.15, 0.2) is 6.29 Å². The van der Waals surface area contributed by atoms with Crippen molar-refractivity contribution in [3.05, 3.63) is 131 Å². The van der Waals surface area contributed by atoms with E-state index >= 15 is 0 Å². The summed E-state index contributed by atoms with van der Waals surface area (Å²) >= 11 is 0. The molecule has 0 radical (unpaired) electrons. The molecule has 0 aliphatic carbocycles. The Balaban J connectivity index is 0.996. The third kappa shape index (κ3) is 8.58. The van der Waals surface area contributed by atoms with Crippen molar-refractivity contribution in [2.75, 3.05) is 19.6 Å². The first-order valence-corrected chi connectivity index (χ1v) is 17.7. The van der Waals surface area contributed by atoms with E-state index in [-0.39, 0.29) is 50.4 Å². The molecule has 0 aromatic heterocycles. The molecule has 3 saturated heterocycles. The SMILES string of the molecule is O=C(NC1CC(=O)N(Cc2cccc(-c3ccc([C@@H]4O[C@H](CN5CC[C@H](O)C5)C[C@H](c5ccc(CO)cc5)O4)cc3)c2)C1=O)OCc1ccccc1. The van der Waals surface area contributed by atoms with Crippen LogP contribution in [0, 0.1) is 0 Å². The fourth-order valence-electron chi connectivity index (χ4n) is 7.03. The van der Waals surface area contributed by atoms with Gasteiger partial charge in [-0.25, -0.2) is 4.79 Å². The molecule has 11 heteroatoms. The Bertz CT molecular complexity index is 1850. The largest absolute Gasteiger partial charge is 0.445 e. The van der Waals surface area contributed by atoms with Crippen LogP contribution >= 0.6 is 0 Å². The Morgan fingerprint density at radius 3 is 2.33 bits per heavy atom. The average molecular weight is 706 g/mol. The number of hydrogen-bond acceptors (Lipinski definition) is 9. The molecule has 3 amide bonds. The van der Waals surface area contributed by atoms with Gasteiger partial charge in [-0.15, -0.1) is 0 Å². The Hall–Kier alpha value is -4.91. The van der Waals surface area contributed by atoms with E-state index in [2.05, 4.69) is 10.2 Å². The predicted molar refractivity (Wildman–Crippen MR) is 191 cm³/mol. The number of amides is 3. The molecule has 3 heterocycles. The summed E-state index contributed by atoms with van der Waals surface area (Å²) in [7, 11) is 0. The molecule has 11 nitrogen and oxygen atoms in total. The number of aliphatic hydroxyl groups is 2. The number of nitrogens with one attached hydrogen (secondary N) is 1. The first kappa shape index (κ1) is 35.5. The van der Waals surface area contributed by atoms with Gasteiger partial charge in [-0.2, -0.15) is 0 Å². The summed E-state index contributed by atoms with van der Waals surface area (Å²) in [5.74, 6) is -0.826. The highest BCUT2D eigenvalue weighted by Crippen LogP contribution is 2.39. The van der Waals surface area contributed by atoms with Crippen molar-refractivity contribution in [3.63, 3.8) is 0 Å². The molecule has 52 heavy (non-hydrogen) atoms. The van der Waals surface area contributed by atoms with Gasteiger partial charge in [-0.05, 0) is 45.9 Å². The minimum absolute atomic E-state index is 0.0208. The summed E-state index contributed by atoms with van der Waals surface area (Å²) < 4.78 is 18.3. The monoisotopic (exact) mass is 705 g/mol. The fourth-order valence-corrected chi connectivity index (χ4v) is 7.03. The molecule has 3 N–H and O–H groups in total. The smallest absolute Gasteiger partial charge is 0.408 e. The average Bonchev–Trinajstić information content (AvgIpc) is 3.70. The molecular formula is C41H43N3O8. The van der Waals surface area contributed by atoms with E-state index in [1.54, 1.807) is 0 Å². The summed E-state index contributed by atoms with van der Waals surface area (Å²) in [6.07, 6.45) is -0.658. The van der Waals surface area contributed by atoms with E-state index < -0.39 is 24.3 Å². The summed E-state index contributed by atoms with van der Waals surface area (Å²) in [4.78, 5) is 41.8. The third-order valence-corrected chi connectivity index (χ3v) is 9.86. The van der Waals surface area contributed by atoms with Gasteiger partial charge in [0.1, 0.15) is 12.6 Å². The minimum Gasteiger partial charge on any atom is -0.445 e. The molecule has 3 fully saturated rings. The second-order valence-corrected chi connectivity index (χ2v) is 13.7. The van der Waals surface area contributed by atoms with E-state index in [0.717, 1.165) is 51.9 Å². The highest BCUT2D eigenvalue weighted by molar-refractivity contribution is 6.06. The lowest BCUT2D eigenvalue weighted by atomic mass is 9.99. The number of ether oxygens (including phenoxy) is 3. The van der Waals surface area contributed by atoms with E-state index in [0.29, 0.717) is 19.5 Å².